The van der Waals surface area contributed by atoms with Gasteiger partial charge in [-0.25, -0.2) is 4.98 Å². The SMILES string of the molecule is Cc1cc2nc(CCCCCCCCCCN)n(C(C)C)c2cc1C. The number of aromatic nitrogens is 2. The number of hydrogen-bond donors (Lipinski definition) is 1. The van der Waals surface area contributed by atoms with E-state index in [2.05, 4.69) is 44.4 Å². The van der Waals surface area contributed by atoms with E-state index in [4.69, 9.17) is 10.7 Å². The number of unbranched alkanes of at least 4 members (excludes halogenated alkanes) is 7. The lowest BCUT2D eigenvalue weighted by molar-refractivity contribution is 0.545. The summed E-state index contributed by atoms with van der Waals surface area (Å²) >= 11 is 0. The van der Waals surface area contributed by atoms with Gasteiger partial charge in [-0.2, -0.15) is 0 Å². The molecule has 0 radical (unpaired) electrons. The molecule has 1 aromatic heterocycles. The zero-order chi connectivity index (χ0) is 18.2. The third-order valence-corrected chi connectivity index (χ3v) is 5.25. The van der Waals surface area contributed by atoms with Gasteiger partial charge in [0.25, 0.3) is 0 Å². The van der Waals surface area contributed by atoms with Crippen molar-refractivity contribution in [2.24, 2.45) is 5.73 Å². The van der Waals surface area contributed by atoms with E-state index < -0.39 is 0 Å². The van der Waals surface area contributed by atoms with Crippen molar-refractivity contribution < 1.29 is 0 Å². The Morgan fingerprint density at radius 2 is 1.44 bits per heavy atom. The van der Waals surface area contributed by atoms with Crippen molar-refractivity contribution in [1.29, 1.82) is 0 Å². The number of hydrogen-bond acceptors (Lipinski definition) is 2. The maximum Gasteiger partial charge on any atom is 0.110 e. The number of nitrogens with two attached hydrogens (primary N) is 1. The Bertz CT molecular complexity index is 655. The minimum atomic E-state index is 0.463. The van der Waals surface area contributed by atoms with Crippen LogP contribution < -0.4 is 5.73 Å². The van der Waals surface area contributed by atoms with Gasteiger partial charge in [0, 0.05) is 12.5 Å². The van der Waals surface area contributed by atoms with Crippen molar-refractivity contribution in [2.75, 3.05) is 6.54 Å². The fraction of sp³-hybridized carbons (Fsp3) is 0.682. The molecule has 0 saturated carbocycles. The summed E-state index contributed by atoms with van der Waals surface area (Å²) in [5, 5.41) is 0. The molecule has 2 N–H and O–H groups in total. The summed E-state index contributed by atoms with van der Waals surface area (Å²) in [7, 11) is 0. The third-order valence-electron chi connectivity index (χ3n) is 5.25. The molecule has 3 nitrogen and oxygen atoms in total. The Labute approximate surface area is 154 Å². The fourth-order valence-electron chi connectivity index (χ4n) is 3.64. The maximum atomic E-state index is 5.53. The number of benzene rings is 1. The predicted molar refractivity (Wildman–Crippen MR) is 109 cm³/mol. The van der Waals surface area contributed by atoms with Crippen molar-refractivity contribution in [3.8, 4) is 0 Å². The molecule has 2 aromatic rings. The van der Waals surface area contributed by atoms with Crippen LogP contribution in [0.5, 0.6) is 0 Å². The Hall–Kier alpha value is -1.35. The molecule has 1 heterocycles. The van der Waals surface area contributed by atoms with E-state index in [1.807, 2.05) is 0 Å². The summed E-state index contributed by atoms with van der Waals surface area (Å²) in [4.78, 5) is 4.95. The van der Waals surface area contributed by atoms with Crippen LogP contribution in [0.15, 0.2) is 12.1 Å². The van der Waals surface area contributed by atoms with Gasteiger partial charge in [-0.05, 0) is 70.3 Å². The standard InChI is InChI=1S/C22H37N3/c1-17(2)25-21-16-19(4)18(3)15-20(21)24-22(25)13-11-9-7-5-6-8-10-12-14-23/h15-17H,5-14,23H2,1-4H3. The molecule has 0 unspecified atom stereocenters. The van der Waals surface area contributed by atoms with Crippen LogP contribution in [0.4, 0.5) is 0 Å². The minimum Gasteiger partial charge on any atom is -0.330 e. The molecule has 0 aliphatic carbocycles. The molecule has 0 fully saturated rings. The number of aryl methyl sites for hydroxylation is 3. The summed E-state index contributed by atoms with van der Waals surface area (Å²) in [6, 6.07) is 5.02. The van der Waals surface area contributed by atoms with Crippen LogP contribution in [-0.2, 0) is 6.42 Å². The summed E-state index contributed by atoms with van der Waals surface area (Å²) in [6.07, 6.45) is 11.6. The molecule has 140 valence electrons. The van der Waals surface area contributed by atoms with Gasteiger partial charge in [-0.3, -0.25) is 0 Å². The van der Waals surface area contributed by atoms with Gasteiger partial charge < -0.3 is 10.3 Å². The number of rotatable bonds is 11. The van der Waals surface area contributed by atoms with Crippen molar-refractivity contribution in [1.82, 2.24) is 9.55 Å². The van der Waals surface area contributed by atoms with Crippen LogP contribution in [0.3, 0.4) is 0 Å². The second-order valence-corrected chi connectivity index (χ2v) is 7.78. The van der Waals surface area contributed by atoms with Crippen molar-refractivity contribution in [3.05, 3.63) is 29.1 Å². The summed E-state index contributed by atoms with van der Waals surface area (Å²) in [6.45, 7) is 9.74. The minimum absolute atomic E-state index is 0.463. The van der Waals surface area contributed by atoms with Crippen molar-refractivity contribution in [2.45, 2.75) is 91.5 Å². The Kier molecular flexibility index (Phi) is 7.95. The maximum absolute atomic E-state index is 5.53. The largest absolute Gasteiger partial charge is 0.330 e. The zero-order valence-corrected chi connectivity index (χ0v) is 16.8. The van der Waals surface area contributed by atoms with E-state index in [1.54, 1.807) is 0 Å². The first-order valence-electron chi connectivity index (χ1n) is 10.2. The highest BCUT2D eigenvalue weighted by atomic mass is 15.1. The van der Waals surface area contributed by atoms with Crippen LogP contribution in [0.2, 0.25) is 0 Å². The summed E-state index contributed by atoms with van der Waals surface area (Å²) in [5.74, 6) is 1.26. The normalized spacial score (nSPS) is 11.8. The van der Waals surface area contributed by atoms with E-state index in [1.165, 1.54) is 73.8 Å². The van der Waals surface area contributed by atoms with Gasteiger partial charge >= 0.3 is 0 Å². The topological polar surface area (TPSA) is 43.8 Å². The molecule has 0 atom stereocenters. The molecular formula is C22H37N3. The molecule has 0 bridgehead atoms. The lowest BCUT2D eigenvalue weighted by atomic mass is 10.1. The number of fused-ring (bicyclic) bond motifs is 1. The van der Waals surface area contributed by atoms with E-state index in [0.29, 0.717) is 6.04 Å². The van der Waals surface area contributed by atoms with Crippen LogP contribution in [0.25, 0.3) is 11.0 Å². The fourth-order valence-corrected chi connectivity index (χ4v) is 3.64. The Morgan fingerprint density at radius 3 is 2.04 bits per heavy atom. The zero-order valence-electron chi connectivity index (χ0n) is 16.8. The second-order valence-electron chi connectivity index (χ2n) is 7.78. The monoisotopic (exact) mass is 343 g/mol. The average molecular weight is 344 g/mol. The molecule has 0 amide bonds. The lowest BCUT2D eigenvalue weighted by Crippen LogP contribution is -2.06. The van der Waals surface area contributed by atoms with Crippen molar-refractivity contribution in [3.63, 3.8) is 0 Å². The highest BCUT2D eigenvalue weighted by molar-refractivity contribution is 5.78. The first kappa shape index (κ1) is 20.0. The average Bonchev–Trinajstić information content (AvgIpc) is 2.91. The summed E-state index contributed by atoms with van der Waals surface area (Å²) < 4.78 is 2.44. The molecule has 1 aromatic carbocycles. The second kappa shape index (κ2) is 9.96. The van der Waals surface area contributed by atoms with Crippen LogP contribution in [0.1, 0.15) is 88.2 Å². The highest BCUT2D eigenvalue weighted by Gasteiger charge is 2.14. The first-order chi connectivity index (χ1) is 12.0. The Morgan fingerprint density at radius 1 is 0.880 bits per heavy atom. The third kappa shape index (κ3) is 5.57. The van der Waals surface area contributed by atoms with Gasteiger partial charge in [0.2, 0.25) is 0 Å². The van der Waals surface area contributed by atoms with Gasteiger partial charge in [-0.15, -0.1) is 0 Å². The predicted octanol–water partition coefficient (Wildman–Crippen LogP) is 5.86. The quantitative estimate of drug-likeness (QED) is 0.520. The molecule has 0 saturated heterocycles. The van der Waals surface area contributed by atoms with Crippen molar-refractivity contribution >= 4 is 11.0 Å². The van der Waals surface area contributed by atoms with Gasteiger partial charge in [0.05, 0.1) is 11.0 Å². The molecule has 2 rings (SSSR count). The molecule has 25 heavy (non-hydrogen) atoms. The molecular weight excluding hydrogens is 306 g/mol. The van der Waals surface area contributed by atoms with Gasteiger partial charge in [0.1, 0.15) is 5.82 Å². The first-order valence-corrected chi connectivity index (χ1v) is 10.2. The van der Waals surface area contributed by atoms with Gasteiger partial charge in [-0.1, -0.05) is 38.5 Å². The number of nitrogens with zero attached hydrogens (tertiary/aromatic N) is 2. The highest BCUT2D eigenvalue weighted by Crippen LogP contribution is 2.25. The van der Waals surface area contributed by atoms with E-state index >= 15 is 0 Å². The summed E-state index contributed by atoms with van der Waals surface area (Å²) in [5.41, 5.74) is 10.7. The molecule has 0 aliphatic rings. The molecule has 3 heteroatoms. The van der Waals surface area contributed by atoms with E-state index in [-0.39, 0.29) is 0 Å². The number of imidazole rings is 1. The van der Waals surface area contributed by atoms with E-state index in [0.717, 1.165) is 18.5 Å². The molecule has 0 spiro atoms. The van der Waals surface area contributed by atoms with Gasteiger partial charge in [0.15, 0.2) is 0 Å². The van der Waals surface area contributed by atoms with Crippen LogP contribution in [0, 0.1) is 13.8 Å². The van der Waals surface area contributed by atoms with Crippen LogP contribution >= 0.6 is 0 Å². The van der Waals surface area contributed by atoms with Crippen LogP contribution in [-0.4, -0.2) is 16.1 Å². The van der Waals surface area contributed by atoms with E-state index in [9.17, 15) is 0 Å². The Balaban J connectivity index is 1.87. The lowest BCUT2D eigenvalue weighted by Gasteiger charge is -2.13. The molecule has 0 aliphatic heterocycles. The smallest absolute Gasteiger partial charge is 0.110 e.